The SMILES string of the molecule is COC(=O)C1CC(NC(=O)c2ccc(Nc3cc(-c4ccccc4OC)ncn3)cc2)CN1. The normalized spacial score (nSPS) is 17.3. The van der Waals surface area contributed by atoms with E-state index in [9.17, 15) is 9.59 Å². The lowest BCUT2D eigenvalue weighted by molar-refractivity contribution is -0.142. The maximum Gasteiger partial charge on any atom is 0.322 e. The number of methoxy groups -OCH3 is 2. The minimum Gasteiger partial charge on any atom is -0.496 e. The maximum absolute atomic E-state index is 12.6. The van der Waals surface area contributed by atoms with Crippen LogP contribution >= 0.6 is 0 Å². The quantitative estimate of drug-likeness (QED) is 0.474. The molecule has 1 aromatic heterocycles. The van der Waals surface area contributed by atoms with E-state index in [1.165, 1.54) is 13.4 Å². The number of carbonyl (C=O) groups excluding carboxylic acids is 2. The van der Waals surface area contributed by atoms with Gasteiger partial charge in [0.1, 0.15) is 23.9 Å². The Labute approximate surface area is 191 Å². The number of nitrogens with zero attached hydrogens (tertiary/aromatic N) is 2. The van der Waals surface area contributed by atoms with Crippen LogP contribution in [0, 0.1) is 0 Å². The van der Waals surface area contributed by atoms with E-state index in [2.05, 4.69) is 25.9 Å². The van der Waals surface area contributed by atoms with Crippen LogP contribution in [0.5, 0.6) is 5.75 Å². The molecule has 0 spiro atoms. The Bertz CT molecular complexity index is 1140. The third-order valence-electron chi connectivity index (χ3n) is 5.42. The van der Waals surface area contributed by atoms with Gasteiger partial charge in [-0.15, -0.1) is 0 Å². The van der Waals surface area contributed by atoms with Crippen molar-refractivity contribution in [3.63, 3.8) is 0 Å². The van der Waals surface area contributed by atoms with Gasteiger partial charge in [0.05, 0.1) is 19.9 Å². The number of amides is 1. The van der Waals surface area contributed by atoms with E-state index in [1.807, 2.05) is 42.5 Å². The Kier molecular flexibility index (Phi) is 6.80. The first-order valence-electron chi connectivity index (χ1n) is 10.5. The fourth-order valence-corrected chi connectivity index (χ4v) is 3.72. The van der Waals surface area contributed by atoms with E-state index in [-0.39, 0.29) is 24.0 Å². The molecule has 1 aliphatic heterocycles. The van der Waals surface area contributed by atoms with Gasteiger partial charge in [0.15, 0.2) is 0 Å². The molecule has 1 fully saturated rings. The molecular formula is C24H25N5O4. The maximum atomic E-state index is 12.6. The molecule has 9 heteroatoms. The van der Waals surface area contributed by atoms with Crippen molar-refractivity contribution in [2.24, 2.45) is 0 Å². The minimum atomic E-state index is -0.388. The van der Waals surface area contributed by atoms with Gasteiger partial charge in [0.2, 0.25) is 0 Å². The van der Waals surface area contributed by atoms with E-state index in [4.69, 9.17) is 9.47 Å². The molecule has 3 aromatic rings. The number of nitrogens with one attached hydrogen (secondary N) is 3. The Morgan fingerprint density at radius 1 is 1.06 bits per heavy atom. The van der Waals surface area contributed by atoms with E-state index in [1.54, 1.807) is 19.2 Å². The number of anilines is 2. The summed E-state index contributed by atoms with van der Waals surface area (Å²) in [7, 11) is 2.98. The first-order chi connectivity index (χ1) is 16.1. The predicted molar refractivity (Wildman–Crippen MR) is 123 cm³/mol. The van der Waals surface area contributed by atoms with Crippen LogP contribution in [0.1, 0.15) is 16.8 Å². The van der Waals surface area contributed by atoms with Crippen LogP contribution in [0.15, 0.2) is 60.9 Å². The number of para-hydroxylation sites is 1. The second kappa shape index (κ2) is 10.1. The first-order valence-corrected chi connectivity index (χ1v) is 10.5. The van der Waals surface area contributed by atoms with Crippen molar-refractivity contribution in [3.05, 3.63) is 66.5 Å². The van der Waals surface area contributed by atoms with E-state index in [0.717, 1.165) is 22.7 Å². The third-order valence-corrected chi connectivity index (χ3v) is 5.42. The van der Waals surface area contributed by atoms with Crippen LogP contribution in [0.4, 0.5) is 11.5 Å². The van der Waals surface area contributed by atoms with Gasteiger partial charge in [-0.3, -0.25) is 9.59 Å². The van der Waals surface area contributed by atoms with Crippen LogP contribution in [0.3, 0.4) is 0 Å². The highest BCUT2D eigenvalue weighted by atomic mass is 16.5. The Balaban J connectivity index is 1.39. The highest BCUT2D eigenvalue weighted by Crippen LogP contribution is 2.29. The molecule has 2 aromatic carbocycles. The second-order valence-electron chi connectivity index (χ2n) is 7.58. The van der Waals surface area contributed by atoms with Gasteiger partial charge in [0, 0.05) is 35.5 Å². The number of rotatable bonds is 7. The highest BCUT2D eigenvalue weighted by Gasteiger charge is 2.31. The number of aromatic nitrogens is 2. The minimum absolute atomic E-state index is 0.131. The topological polar surface area (TPSA) is 114 Å². The predicted octanol–water partition coefficient (Wildman–Crippen LogP) is 2.53. The lowest BCUT2D eigenvalue weighted by atomic mass is 10.1. The summed E-state index contributed by atoms with van der Waals surface area (Å²) in [6.45, 7) is 0.521. The van der Waals surface area contributed by atoms with Crippen molar-refractivity contribution in [1.29, 1.82) is 0 Å². The summed E-state index contributed by atoms with van der Waals surface area (Å²) in [5.74, 6) is 0.835. The van der Waals surface area contributed by atoms with Crippen molar-refractivity contribution in [2.75, 3.05) is 26.1 Å². The van der Waals surface area contributed by atoms with Crippen LogP contribution in [-0.2, 0) is 9.53 Å². The number of ether oxygens (including phenoxy) is 2. The highest BCUT2D eigenvalue weighted by molar-refractivity contribution is 5.95. The van der Waals surface area contributed by atoms with Crippen LogP contribution < -0.4 is 20.7 Å². The zero-order valence-corrected chi connectivity index (χ0v) is 18.4. The molecule has 2 heterocycles. The molecule has 4 rings (SSSR count). The summed E-state index contributed by atoms with van der Waals surface area (Å²) in [5.41, 5.74) is 2.91. The molecule has 9 nitrogen and oxygen atoms in total. The molecule has 2 unspecified atom stereocenters. The van der Waals surface area contributed by atoms with Crippen molar-refractivity contribution in [3.8, 4) is 17.0 Å². The second-order valence-corrected chi connectivity index (χ2v) is 7.58. The fourth-order valence-electron chi connectivity index (χ4n) is 3.72. The summed E-state index contributed by atoms with van der Waals surface area (Å²) in [4.78, 5) is 32.8. The Morgan fingerprint density at radius 3 is 2.61 bits per heavy atom. The zero-order valence-electron chi connectivity index (χ0n) is 18.4. The van der Waals surface area contributed by atoms with Crippen molar-refractivity contribution >= 4 is 23.4 Å². The largest absolute Gasteiger partial charge is 0.496 e. The fraction of sp³-hybridized carbons (Fsp3) is 0.250. The van der Waals surface area contributed by atoms with Crippen molar-refractivity contribution < 1.29 is 19.1 Å². The average molecular weight is 447 g/mol. The molecule has 0 aliphatic carbocycles. The van der Waals surface area contributed by atoms with Crippen molar-refractivity contribution in [1.82, 2.24) is 20.6 Å². The molecule has 0 bridgehead atoms. The van der Waals surface area contributed by atoms with Gasteiger partial charge in [-0.2, -0.15) is 0 Å². The van der Waals surface area contributed by atoms with E-state index < -0.39 is 0 Å². The standard InChI is InChI=1S/C24H25N5O4/c1-32-21-6-4-3-5-18(21)19-12-22(27-14-26-19)28-16-9-7-15(8-10-16)23(30)29-17-11-20(25-13-17)24(31)33-2/h3-10,12,14,17,20,25H,11,13H2,1-2H3,(H,29,30)(H,26,27,28). The van der Waals surface area contributed by atoms with Gasteiger partial charge < -0.3 is 25.4 Å². The summed E-state index contributed by atoms with van der Waals surface area (Å²) >= 11 is 0. The molecule has 1 aliphatic rings. The van der Waals surface area contributed by atoms with E-state index in [0.29, 0.717) is 24.3 Å². The third kappa shape index (κ3) is 5.27. The smallest absolute Gasteiger partial charge is 0.322 e. The monoisotopic (exact) mass is 447 g/mol. The summed E-state index contributed by atoms with van der Waals surface area (Å²) in [6, 6.07) is 16.1. The van der Waals surface area contributed by atoms with Gasteiger partial charge in [-0.1, -0.05) is 12.1 Å². The Hall–Kier alpha value is -3.98. The number of hydrogen-bond donors (Lipinski definition) is 3. The van der Waals surface area contributed by atoms with Gasteiger partial charge >= 0.3 is 5.97 Å². The van der Waals surface area contributed by atoms with Gasteiger partial charge in [-0.05, 0) is 42.8 Å². The first kappa shape index (κ1) is 22.2. The molecule has 0 saturated carbocycles. The van der Waals surface area contributed by atoms with Crippen molar-refractivity contribution in [2.45, 2.75) is 18.5 Å². The zero-order chi connectivity index (χ0) is 23.2. The van der Waals surface area contributed by atoms with E-state index >= 15 is 0 Å². The van der Waals surface area contributed by atoms with Crippen LogP contribution in [0.25, 0.3) is 11.3 Å². The molecule has 1 amide bonds. The number of hydrogen-bond acceptors (Lipinski definition) is 8. The lowest BCUT2D eigenvalue weighted by Gasteiger charge is -2.13. The van der Waals surface area contributed by atoms with Crippen LogP contribution in [0.2, 0.25) is 0 Å². The average Bonchev–Trinajstić information content (AvgIpc) is 3.32. The summed E-state index contributed by atoms with van der Waals surface area (Å²) in [5, 5.41) is 9.23. The van der Waals surface area contributed by atoms with Crippen LogP contribution in [-0.4, -0.2) is 54.7 Å². The Morgan fingerprint density at radius 2 is 1.85 bits per heavy atom. The van der Waals surface area contributed by atoms with Gasteiger partial charge in [0.25, 0.3) is 5.91 Å². The lowest BCUT2D eigenvalue weighted by Crippen LogP contribution is -2.36. The summed E-state index contributed by atoms with van der Waals surface area (Å²) < 4.78 is 10.2. The number of carbonyl (C=O) groups is 2. The molecule has 1 saturated heterocycles. The number of benzene rings is 2. The number of esters is 1. The summed E-state index contributed by atoms with van der Waals surface area (Å²) in [6.07, 6.45) is 1.99. The molecule has 3 N–H and O–H groups in total. The molecule has 170 valence electrons. The van der Waals surface area contributed by atoms with Gasteiger partial charge in [-0.25, -0.2) is 9.97 Å². The molecule has 0 radical (unpaired) electrons. The molecule has 2 atom stereocenters. The molecular weight excluding hydrogens is 422 g/mol. The molecule has 33 heavy (non-hydrogen) atoms.